The van der Waals surface area contributed by atoms with Crippen LogP contribution in [0.4, 0.5) is 0 Å². The first-order valence-electron chi connectivity index (χ1n) is 5.53. The highest BCUT2D eigenvalue weighted by Crippen LogP contribution is 2.27. The average molecular weight is 471 g/mol. The summed E-state index contributed by atoms with van der Waals surface area (Å²) in [7, 11) is 0. The lowest BCUT2D eigenvalue weighted by Crippen LogP contribution is -1.97. The molecule has 0 bridgehead atoms. The molecular weight excluding hydrogens is 464 g/mol. The van der Waals surface area contributed by atoms with Gasteiger partial charge in [-0.3, -0.25) is 4.57 Å². The minimum Gasteiger partial charge on any atom is -0.293 e. The van der Waals surface area contributed by atoms with Crippen molar-refractivity contribution >= 4 is 56.0 Å². The van der Waals surface area contributed by atoms with Crippen LogP contribution in [-0.2, 0) is 0 Å². The van der Waals surface area contributed by atoms with Gasteiger partial charge in [-0.05, 0) is 57.3 Å². The first-order valence-corrected chi connectivity index (χ1v) is 7.68. The van der Waals surface area contributed by atoms with Gasteiger partial charge in [-0.2, -0.15) is 5.26 Å². The topological polar surface area (TPSA) is 41.6 Å². The smallest absolute Gasteiger partial charge is 0.133 e. The molecule has 0 fully saturated rings. The van der Waals surface area contributed by atoms with Crippen molar-refractivity contribution in [3.8, 4) is 11.8 Å². The van der Waals surface area contributed by atoms with Crippen LogP contribution >= 0.6 is 45.2 Å². The summed E-state index contributed by atoms with van der Waals surface area (Å²) in [6, 6.07) is 14.0. The molecule has 0 aliphatic carbocycles. The minimum atomic E-state index is 0.698. The predicted molar refractivity (Wildman–Crippen MR) is 91.2 cm³/mol. The molecular formula is C14H7I2N3. The van der Waals surface area contributed by atoms with Crippen LogP contribution < -0.4 is 0 Å². The first kappa shape index (κ1) is 12.9. The molecule has 0 spiro atoms. The highest BCUT2D eigenvalue weighted by atomic mass is 127. The van der Waals surface area contributed by atoms with Gasteiger partial charge in [0.1, 0.15) is 13.7 Å². The van der Waals surface area contributed by atoms with E-state index in [0.717, 1.165) is 23.9 Å². The maximum absolute atomic E-state index is 9.18. The van der Waals surface area contributed by atoms with E-state index in [9.17, 15) is 5.26 Å². The van der Waals surface area contributed by atoms with Crippen LogP contribution in [0.5, 0.6) is 0 Å². The highest BCUT2D eigenvalue weighted by Gasteiger charge is 2.11. The van der Waals surface area contributed by atoms with E-state index >= 15 is 0 Å². The molecule has 92 valence electrons. The van der Waals surface area contributed by atoms with Gasteiger partial charge >= 0.3 is 0 Å². The number of rotatable bonds is 1. The highest BCUT2D eigenvalue weighted by molar-refractivity contribution is 14.1. The van der Waals surface area contributed by atoms with Gasteiger partial charge < -0.3 is 0 Å². The number of aromatic nitrogens is 2. The molecule has 2 aromatic carbocycles. The van der Waals surface area contributed by atoms with Crippen LogP contribution in [0.3, 0.4) is 0 Å². The Kier molecular flexibility index (Phi) is 3.45. The summed E-state index contributed by atoms with van der Waals surface area (Å²) in [5.74, 6) is 0. The first-order chi connectivity index (χ1) is 9.22. The third-order valence-corrected chi connectivity index (χ3v) is 5.80. The molecule has 0 saturated carbocycles. The van der Waals surface area contributed by atoms with Crippen molar-refractivity contribution in [2.45, 2.75) is 0 Å². The van der Waals surface area contributed by atoms with Gasteiger partial charge in [-0.1, -0.05) is 24.3 Å². The SMILES string of the molecule is N#Cc1ccc(-n2cnc(I)c2I)c2ccccc12. The number of hydrogen-bond donors (Lipinski definition) is 0. The number of nitriles is 1. The van der Waals surface area contributed by atoms with Gasteiger partial charge in [0.25, 0.3) is 0 Å². The van der Waals surface area contributed by atoms with Crippen molar-refractivity contribution in [3.05, 3.63) is 55.7 Å². The predicted octanol–water partition coefficient (Wildman–Crippen LogP) is 4.11. The average Bonchev–Trinajstić information content (AvgIpc) is 2.78. The molecule has 0 radical (unpaired) electrons. The van der Waals surface area contributed by atoms with Gasteiger partial charge in [-0.25, -0.2) is 4.98 Å². The molecule has 5 heteroatoms. The third kappa shape index (κ3) is 2.12. The summed E-state index contributed by atoms with van der Waals surface area (Å²) in [4.78, 5) is 4.32. The summed E-state index contributed by atoms with van der Waals surface area (Å²) in [6.07, 6.45) is 1.82. The zero-order valence-corrected chi connectivity index (χ0v) is 14.0. The van der Waals surface area contributed by atoms with Gasteiger partial charge in [0.05, 0.1) is 17.3 Å². The summed E-state index contributed by atoms with van der Waals surface area (Å²) < 4.78 is 4.10. The van der Waals surface area contributed by atoms with Crippen LogP contribution in [0.1, 0.15) is 5.56 Å². The van der Waals surface area contributed by atoms with E-state index in [1.165, 1.54) is 0 Å². The van der Waals surface area contributed by atoms with Crippen LogP contribution in [0.15, 0.2) is 42.7 Å². The van der Waals surface area contributed by atoms with E-state index in [1.807, 2.05) is 47.3 Å². The van der Waals surface area contributed by atoms with Gasteiger partial charge in [0.2, 0.25) is 0 Å². The Bertz CT molecular complexity index is 815. The quantitative estimate of drug-likeness (QED) is 0.502. The molecule has 0 aliphatic heterocycles. The molecule has 0 amide bonds. The van der Waals surface area contributed by atoms with Crippen molar-refractivity contribution < 1.29 is 0 Å². The van der Waals surface area contributed by atoms with E-state index in [1.54, 1.807) is 0 Å². The van der Waals surface area contributed by atoms with Crippen LogP contribution in [-0.4, -0.2) is 9.55 Å². The number of imidazole rings is 1. The summed E-state index contributed by atoms with van der Waals surface area (Å²) in [6.45, 7) is 0. The number of hydrogen-bond acceptors (Lipinski definition) is 2. The van der Waals surface area contributed by atoms with Crippen molar-refractivity contribution in [2.75, 3.05) is 0 Å². The van der Waals surface area contributed by atoms with Gasteiger partial charge in [-0.15, -0.1) is 0 Å². The zero-order chi connectivity index (χ0) is 13.4. The Morgan fingerprint density at radius 1 is 1.05 bits per heavy atom. The second-order valence-electron chi connectivity index (χ2n) is 3.99. The molecule has 1 aromatic heterocycles. The standard InChI is InChI=1S/C14H7I2N3/c15-13-14(16)19(8-18-13)12-6-5-9(7-17)10-3-1-2-4-11(10)12/h1-6,8H. The number of nitrogens with zero attached hydrogens (tertiary/aromatic N) is 3. The number of halogens is 2. The molecule has 3 nitrogen and oxygen atoms in total. The molecule has 0 aliphatic rings. The summed E-state index contributed by atoms with van der Waals surface area (Å²) >= 11 is 4.50. The molecule has 0 N–H and O–H groups in total. The van der Waals surface area contributed by atoms with Crippen molar-refractivity contribution in [1.82, 2.24) is 9.55 Å². The fraction of sp³-hybridized carbons (Fsp3) is 0. The van der Waals surface area contributed by atoms with Crippen molar-refractivity contribution in [3.63, 3.8) is 0 Å². The van der Waals surface area contributed by atoms with E-state index in [2.05, 4.69) is 56.2 Å². The van der Waals surface area contributed by atoms with Gasteiger partial charge in [0, 0.05) is 10.8 Å². The summed E-state index contributed by atoms with van der Waals surface area (Å²) in [5.41, 5.74) is 1.75. The molecule has 1 heterocycles. The maximum Gasteiger partial charge on any atom is 0.133 e. The Balaban J connectivity index is 2.38. The molecule has 3 aromatic rings. The number of fused-ring (bicyclic) bond motifs is 1. The van der Waals surface area contributed by atoms with Crippen LogP contribution in [0, 0.1) is 18.7 Å². The Morgan fingerprint density at radius 3 is 2.42 bits per heavy atom. The third-order valence-electron chi connectivity index (χ3n) is 2.95. The lowest BCUT2D eigenvalue weighted by atomic mass is 10.0. The van der Waals surface area contributed by atoms with Crippen LogP contribution in [0.2, 0.25) is 0 Å². The minimum absolute atomic E-state index is 0.698. The molecule has 0 saturated heterocycles. The van der Waals surface area contributed by atoms with Gasteiger partial charge in [0.15, 0.2) is 0 Å². The zero-order valence-electron chi connectivity index (χ0n) is 9.64. The molecule has 3 rings (SSSR count). The normalized spacial score (nSPS) is 10.6. The fourth-order valence-corrected chi connectivity index (χ4v) is 2.98. The van der Waals surface area contributed by atoms with E-state index in [0.29, 0.717) is 5.56 Å². The van der Waals surface area contributed by atoms with Crippen LogP contribution in [0.25, 0.3) is 16.5 Å². The second-order valence-corrected chi connectivity index (χ2v) is 6.03. The lowest BCUT2D eigenvalue weighted by molar-refractivity contribution is 1.04. The van der Waals surface area contributed by atoms with E-state index in [-0.39, 0.29) is 0 Å². The number of benzene rings is 2. The molecule has 0 unspecified atom stereocenters. The van der Waals surface area contributed by atoms with Crippen molar-refractivity contribution in [1.29, 1.82) is 5.26 Å². The fourth-order valence-electron chi connectivity index (χ4n) is 2.07. The largest absolute Gasteiger partial charge is 0.293 e. The maximum atomic E-state index is 9.18. The Labute approximate surface area is 137 Å². The second kappa shape index (κ2) is 5.09. The van der Waals surface area contributed by atoms with Crippen molar-refractivity contribution in [2.24, 2.45) is 0 Å². The molecule has 0 atom stereocenters. The molecule has 19 heavy (non-hydrogen) atoms. The van der Waals surface area contributed by atoms with E-state index in [4.69, 9.17) is 0 Å². The van der Waals surface area contributed by atoms with E-state index < -0.39 is 0 Å². The Morgan fingerprint density at radius 2 is 1.79 bits per heavy atom. The summed E-state index contributed by atoms with van der Waals surface area (Å²) in [5, 5.41) is 11.2. The monoisotopic (exact) mass is 471 g/mol. The Hall–Kier alpha value is -1.14. The lowest BCUT2D eigenvalue weighted by Gasteiger charge is -2.09.